The Kier molecular flexibility index (Phi) is 6.54. The standard InChI is InChI=1S/C23H37N3O3S/c1-14(22(28)24-7-8-26-9-11-29-12-10-26)17-5-6-23(4)13-18-20(25-16(3)30-18)15(2)19(23)21(17)27/h14-15,17,19,21,27H,5-13H2,1-4H3,(H,24,28)/p+1/t14-,15-,17-,19+,21-,23-/m0/s1. The second-order valence-electron chi connectivity index (χ2n) is 10.1. The van der Waals surface area contributed by atoms with Gasteiger partial charge in [0.1, 0.15) is 13.1 Å². The first-order valence-electron chi connectivity index (χ1n) is 11.6. The number of hydrogen-bond donors (Lipinski definition) is 3. The van der Waals surface area contributed by atoms with E-state index in [9.17, 15) is 9.90 Å². The lowest BCUT2D eigenvalue weighted by atomic mass is 9.53. The summed E-state index contributed by atoms with van der Waals surface area (Å²) < 4.78 is 5.40. The molecule has 1 saturated heterocycles. The second-order valence-corrected chi connectivity index (χ2v) is 11.4. The Morgan fingerprint density at radius 2 is 2.17 bits per heavy atom. The first kappa shape index (κ1) is 22.2. The number of rotatable bonds is 5. The number of aryl methyl sites for hydroxylation is 1. The molecular formula is C23H38N3O3S+. The third kappa shape index (κ3) is 4.18. The molecule has 7 heteroatoms. The van der Waals surface area contributed by atoms with Gasteiger partial charge in [0.2, 0.25) is 5.91 Å². The Balaban J connectivity index is 1.39. The molecule has 1 saturated carbocycles. The van der Waals surface area contributed by atoms with Gasteiger partial charge in [-0.15, -0.1) is 11.3 Å². The van der Waals surface area contributed by atoms with Crippen LogP contribution in [0.2, 0.25) is 0 Å². The maximum atomic E-state index is 12.9. The van der Waals surface area contributed by atoms with Crippen LogP contribution in [0.4, 0.5) is 0 Å². The van der Waals surface area contributed by atoms with E-state index in [4.69, 9.17) is 9.72 Å². The van der Waals surface area contributed by atoms with Crippen molar-refractivity contribution in [1.82, 2.24) is 10.3 Å². The predicted octanol–water partition coefficient (Wildman–Crippen LogP) is 1.17. The monoisotopic (exact) mass is 436 g/mol. The number of aliphatic hydroxyl groups excluding tert-OH is 1. The summed E-state index contributed by atoms with van der Waals surface area (Å²) in [5.41, 5.74) is 1.28. The Morgan fingerprint density at radius 3 is 2.90 bits per heavy atom. The Hall–Kier alpha value is -1.02. The van der Waals surface area contributed by atoms with Crippen molar-refractivity contribution in [2.75, 3.05) is 39.4 Å². The molecule has 3 aliphatic rings. The summed E-state index contributed by atoms with van der Waals surface area (Å²) in [7, 11) is 0. The average Bonchev–Trinajstić information content (AvgIpc) is 3.08. The number of fused-ring (bicyclic) bond motifs is 2. The summed E-state index contributed by atoms with van der Waals surface area (Å²) in [6.07, 6.45) is 2.53. The van der Waals surface area contributed by atoms with Crippen LogP contribution in [0.25, 0.3) is 0 Å². The van der Waals surface area contributed by atoms with Crippen LogP contribution < -0.4 is 10.2 Å². The minimum Gasteiger partial charge on any atom is -0.392 e. The van der Waals surface area contributed by atoms with Gasteiger partial charge >= 0.3 is 0 Å². The lowest BCUT2D eigenvalue weighted by Gasteiger charge is -2.53. The minimum atomic E-state index is -0.459. The maximum Gasteiger partial charge on any atom is 0.223 e. The van der Waals surface area contributed by atoms with Crippen LogP contribution in [0.15, 0.2) is 0 Å². The van der Waals surface area contributed by atoms with Gasteiger partial charge in [0.15, 0.2) is 0 Å². The van der Waals surface area contributed by atoms with Gasteiger partial charge in [0.25, 0.3) is 0 Å². The number of thiazole rings is 1. The molecule has 168 valence electrons. The summed E-state index contributed by atoms with van der Waals surface area (Å²) in [6.45, 7) is 13.9. The van der Waals surface area contributed by atoms with Crippen LogP contribution in [-0.4, -0.2) is 61.5 Å². The van der Waals surface area contributed by atoms with Crippen LogP contribution in [0, 0.1) is 30.1 Å². The highest BCUT2D eigenvalue weighted by atomic mass is 32.1. The highest BCUT2D eigenvalue weighted by Gasteiger charge is 2.53. The molecule has 1 amide bonds. The molecule has 30 heavy (non-hydrogen) atoms. The Bertz CT molecular complexity index is 763. The molecule has 0 unspecified atom stereocenters. The topological polar surface area (TPSA) is 75.9 Å². The van der Waals surface area contributed by atoms with E-state index in [0.29, 0.717) is 6.54 Å². The molecule has 1 aromatic heterocycles. The molecule has 1 aliphatic heterocycles. The second kappa shape index (κ2) is 8.85. The molecule has 0 bridgehead atoms. The van der Waals surface area contributed by atoms with Gasteiger partial charge in [-0.2, -0.15) is 0 Å². The number of aromatic nitrogens is 1. The summed E-state index contributed by atoms with van der Waals surface area (Å²) >= 11 is 1.82. The van der Waals surface area contributed by atoms with Crippen molar-refractivity contribution in [3.8, 4) is 0 Å². The van der Waals surface area contributed by atoms with Crippen molar-refractivity contribution in [3.63, 3.8) is 0 Å². The van der Waals surface area contributed by atoms with Crippen LogP contribution >= 0.6 is 11.3 Å². The van der Waals surface area contributed by atoms with Crippen molar-refractivity contribution in [2.45, 2.75) is 59.0 Å². The Labute approximate surface area is 184 Å². The smallest absolute Gasteiger partial charge is 0.223 e. The SMILES string of the molecule is Cc1nc2c(s1)C[C@]1(C)CC[C@@H]([C@H](C)C(=O)NCC[NH+]3CCOCC3)[C@H](O)[C@H]1[C@@H]2C. The third-order valence-electron chi connectivity index (χ3n) is 8.06. The van der Waals surface area contributed by atoms with Crippen LogP contribution in [0.1, 0.15) is 55.1 Å². The molecular weight excluding hydrogens is 398 g/mol. The summed E-state index contributed by atoms with van der Waals surface area (Å²) in [6, 6.07) is 0. The lowest BCUT2D eigenvalue weighted by Crippen LogP contribution is -3.14. The number of aliphatic hydroxyl groups is 1. The molecule has 6 atom stereocenters. The van der Waals surface area contributed by atoms with E-state index in [-0.39, 0.29) is 35.0 Å². The zero-order valence-electron chi connectivity index (χ0n) is 18.9. The third-order valence-corrected chi connectivity index (χ3v) is 9.05. The van der Waals surface area contributed by atoms with Gasteiger partial charge in [-0.1, -0.05) is 20.8 Å². The number of hydrogen-bond acceptors (Lipinski definition) is 5. The van der Waals surface area contributed by atoms with E-state index in [1.54, 1.807) is 0 Å². The number of nitrogens with zero attached hydrogens (tertiary/aromatic N) is 1. The molecule has 2 aliphatic carbocycles. The lowest BCUT2D eigenvalue weighted by molar-refractivity contribution is -0.906. The van der Waals surface area contributed by atoms with Crippen molar-refractivity contribution in [2.24, 2.45) is 23.2 Å². The van der Waals surface area contributed by atoms with Crippen molar-refractivity contribution in [3.05, 3.63) is 15.6 Å². The highest BCUT2D eigenvalue weighted by Crippen LogP contribution is 2.56. The number of ether oxygens (including phenoxy) is 1. The predicted molar refractivity (Wildman–Crippen MR) is 118 cm³/mol. The molecule has 0 radical (unpaired) electrons. The molecule has 4 rings (SSSR count). The van der Waals surface area contributed by atoms with Gasteiger partial charge in [-0.3, -0.25) is 4.79 Å². The molecule has 3 N–H and O–H groups in total. The largest absolute Gasteiger partial charge is 0.392 e. The molecule has 0 spiro atoms. The van der Waals surface area contributed by atoms with E-state index in [2.05, 4.69) is 26.1 Å². The minimum absolute atomic E-state index is 0.0162. The van der Waals surface area contributed by atoms with Gasteiger partial charge in [0, 0.05) is 16.7 Å². The van der Waals surface area contributed by atoms with Crippen LogP contribution in [-0.2, 0) is 16.0 Å². The molecule has 2 heterocycles. The van der Waals surface area contributed by atoms with Crippen LogP contribution in [0.3, 0.4) is 0 Å². The summed E-state index contributed by atoms with van der Waals surface area (Å²) in [4.78, 5) is 20.6. The maximum absolute atomic E-state index is 12.9. The van der Waals surface area contributed by atoms with E-state index in [0.717, 1.165) is 57.1 Å². The van der Waals surface area contributed by atoms with Crippen molar-refractivity contribution in [1.29, 1.82) is 0 Å². The molecule has 0 aromatic carbocycles. The Morgan fingerprint density at radius 1 is 1.43 bits per heavy atom. The summed E-state index contributed by atoms with van der Waals surface area (Å²) in [5, 5.41) is 15.7. The van der Waals surface area contributed by atoms with Gasteiger partial charge in [0.05, 0.1) is 43.1 Å². The molecule has 1 aromatic rings. The van der Waals surface area contributed by atoms with Crippen molar-refractivity contribution < 1.29 is 19.5 Å². The normalized spacial score (nSPS) is 35.4. The van der Waals surface area contributed by atoms with Gasteiger partial charge in [-0.05, 0) is 43.4 Å². The highest BCUT2D eigenvalue weighted by molar-refractivity contribution is 7.11. The molecule has 2 fully saturated rings. The van der Waals surface area contributed by atoms with Gasteiger partial charge < -0.3 is 20.1 Å². The fraction of sp³-hybridized carbons (Fsp3) is 0.826. The fourth-order valence-corrected chi connectivity index (χ4v) is 7.53. The van der Waals surface area contributed by atoms with E-state index >= 15 is 0 Å². The first-order valence-corrected chi connectivity index (χ1v) is 12.4. The quantitative estimate of drug-likeness (QED) is 0.648. The van der Waals surface area contributed by atoms with Crippen molar-refractivity contribution >= 4 is 17.2 Å². The number of nitrogens with one attached hydrogen (secondary N) is 2. The number of quaternary nitrogens is 1. The average molecular weight is 437 g/mol. The summed E-state index contributed by atoms with van der Waals surface area (Å²) in [5.74, 6) is 0.335. The number of morpholine rings is 1. The molecule has 6 nitrogen and oxygen atoms in total. The number of amides is 1. The zero-order chi connectivity index (χ0) is 21.5. The van der Waals surface area contributed by atoms with Crippen LogP contribution in [0.5, 0.6) is 0 Å². The fourth-order valence-electron chi connectivity index (χ4n) is 6.30. The number of carbonyl (C=O) groups is 1. The number of carbonyl (C=O) groups excluding carboxylic acids is 1. The van der Waals surface area contributed by atoms with Gasteiger partial charge in [-0.25, -0.2) is 4.98 Å². The van der Waals surface area contributed by atoms with E-state index in [1.165, 1.54) is 15.5 Å². The zero-order valence-corrected chi connectivity index (χ0v) is 19.7. The van der Waals surface area contributed by atoms with E-state index in [1.807, 2.05) is 18.3 Å². The van der Waals surface area contributed by atoms with E-state index < -0.39 is 6.10 Å². The first-order chi connectivity index (χ1) is 14.3.